The number of piperidine rings is 1. The third-order valence-electron chi connectivity index (χ3n) is 4.68. The van der Waals surface area contributed by atoms with Crippen molar-refractivity contribution in [1.82, 2.24) is 10.0 Å². The maximum absolute atomic E-state index is 12.5. The molecule has 2 N–H and O–H groups in total. The molecule has 0 radical (unpaired) electrons. The summed E-state index contributed by atoms with van der Waals surface area (Å²) in [6.45, 7) is 6.53. The van der Waals surface area contributed by atoms with Gasteiger partial charge in [-0.2, -0.15) is 0 Å². The second-order valence-electron chi connectivity index (χ2n) is 6.79. The Morgan fingerprint density at radius 2 is 2.04 bits per heavy atom. The molecule has 1 aromatic carbocycles. The number of hydrogen-bond acceptors (Lipinski definition) is 4. The summed E-state index contributed by atoms with van der Waals surface area (Å²) in [7, 11) is -3.46. The average molecular weight is 361 g/mol. The van der Waals surface area contributed by atoms with E-state index in [2.05, 4.69) is 17.0 Å². The third-order valence-corrected chi connectivity index (χ3v) is 6.08. The van der Waals surface area contributed by atoms with Gasteiger partial charge in [0.1, 0.15) is 11.9 Å². The van der Waals surface area contributed by atoms with Crippen molar-refractivity contribution in [3.8, 4) is 5.75 Å². The minimum Gasteiger partial charge on any atom is -0.490 e. The zero-order valence-corrected chi connectivity index (χ0v) is 15.2. The van der Waals surface area contributed by atoms with Crippen LogP contribution in [0.2, 0.25) is 0 Å². The second-order valence-corrected chi connectivity index (χ2v) is 8.55. The van der Waals surface area contributed by atoms with Crippen LogP contribution in [0, 0.1) is 5.41 Å². The smallest absolute Gasteiger partial charge is 0.240 e. The average Bonchev–Trinajstić information content (AvgIpc) is 2.85. The molecule has 5 nitrogen and oxygen atoms in total. The van der Waals surface area contributed by atoms with Gasteiger partial charge in [-0.3, -0.25) is 0 Å². The Morgan fingerprint density at radius 1 is 1.35 bits per heavy atom. The summed E-state index contributed by atoms with van der Waals surface area (Å²) in [5.41, 5.74) is 1.01. The van der Waals surface area contributed by atoms with Crippen molar-refractivity contribution < 1.29 is 13.2 Å². The molecule has 2 heterocycles. The molecule has 1 aromatic rings. The first-order chi connectivity index (χ1) is 10.4. The van der Waals surface area contributed by atoms with Crippen LogP contribution < -0.4 is 14.8 Å². The number of benzene rings is 1. The lowest BCUT2D eigenvalue weighted by atomic mass is 9.81. The van der Waals surface area contributed by atoms with Crippen LogP contribution in [-0.4, -0.2) is 34.2 Å². The van der Waals surface area contributed by atoms with E-state index < -0.39 is 10.0 Å². The van der Waals surface area contributed by atoms with E-state index in [9.17, 15) is 8.42 Å². The monoisotopic (exact) mass is 360 g/mol. The topological polar surface area (TPSA) is 67.4 Å². The third kappa shape index (κ3) is 4.18. The van der Waals surface area contributed by atoms with Crippen LogP contribution in [0.15, 0.2) is 23.1 Å². The highest BCUT2D eigenvalue weighted by Crippen LogP contribution is 2.31. The summed E-state index contributed by atoms with van der Waals surface area (Å²) in [5.74, 6) is 0.803. The number of halogens is 1. The second kappa shape index (κ2) is 6.97. The number of ether oxygens (including phenoxy) is 1. The minimum atomic E-state index is -3.46. The van der Waals surface area contributed by atoms with Gasteiger partial charge in [0.25, 0.3) is 0 Å². The van der Waals surface area contributed by atoms with E-state index in [-0.39, 0.29) is 23.9 Å². The Bertz CT molecular complexity index is 657. The van der Waals surface area contributed by atoms with Crippen LogP contribution in [0.25, 0.3) is 0 Å². The van der Waals surface area contributed by atoms with Crippen LogP contribution in [-0.2, 0) is 16.4 Å². The van der Waals surface area contributed by atoms with E-state index in [0.29, 0.717) is 11.4 Å². The highest BCUT2D eigenvalue weighted by Gasteiger charge is 2.29. The van der Waals surface area contributed by atoms with Crippen LogP contribution in [0.1, 0.15) is 32.3 Å². The van der Waals surface area contributed by atoms with Crippen LogP contribution in [0.5, 0.6) is 5.75 Å². The van der Waals surface area contributed by atoms with Gasteiger partial charge in [0, 0.05) is 13.0 Å². The van der Waals surface area contributed by atoms with Crippen molar-refractivity contribution in [3.05, 3.63) is 23.8 Å². The van der Waals surface area contributed by atoms with Crippen LogP contribution in [0.3, 0.4) is 0 Å². The number of rotatable bonds is 4. The summed E-state index contributed by atoms with van der Waals surface area (Å²) >= 11 is 0. The number of fused-ring (bicyclic) bond motifs is 1. The summed E-state index contributed by atoms with van der Waals surface area (Å²) in [4.78, 5) is 0.335. The molecule has 3 rings (SSSR count). The van der Waals surface area contributed by atoms with Gasteiger partial charge < -0.3 is 10.1 Å². The fourth-order valence-electron chi connectivity index (χ4n) is 3.13. The predicted octanol–water partition coefficient (Wildman–Crippen LogP) is 2.10. The molecule has 0 saturated carbocycles. The first-order valence-electron chi connectivity index (χ1n) is 7.88. The normalized spacial score (nSPS) is 22.8. The molecule has 0 bridgehead atoms. The van der Waals surface area contributed by atoms with Crippen molar-refractivity contribution in [1.29, 1.82) is 0 Å². The van der Waals surface area contributed by atoms with E-state index in [1.54, 1.807) is 18.2 Å². The highest BCUT2D eigenvalue weighted by molar-refractivity contribution is 7.89. The zero-order valence-electron chi connectivity index (χ0n) is 13.6. The molecule has 0 aliphatic carbocycles. The van der Waals surface area contributed by atoms with E-state index in [4.69, 9.17) is 4.74 Å². The maximum atomic E-state index is 12.5. The van der Waals surface area contributed by atoms with Crippen LogP contribution in [0.4, 0.5) is 0 Å². The summed E-state index contributed by atoms with van der Waals surface area (Å²) in [5, 5.41) is 3.31. The van der Waals surface area contributed by atoms with Crippen molar-refractivity contribution in [3.63, 3.8) is 0 Å². The number of nitrogens with one attached hydrogen (secondary N) is 2. The first-order valence-corrected chi connectivity index (χ1v) is 9.36. The Kier molecular flexibility index (Phi) is 5.61. The summed E-state index contributed by atoms with van der Waals surface area (Å²) < 4.78 is 33.5. The zero-order chi connectivity index (χ0) is 15.8. The molecule has 0 amide bonds. The van der Waals surface area contributed by atoms with Gasteiger partial charge in [-0.05, 0) is 62.0 Å². The maximum Gasteiger partial charge on any atom is 0.240 e. The van der Waals surface area contributed by atoms with Gasteiger partial charge in [-0.1, -0.05) is 6.92 Å². The minimum absolute atomic E-state index is 0. The van der Waals surface area contributed by atoms with Gasteiger partial charge >= 0.3 is 0 Å². The van der Waals surface area contributed by atoms with Gasteiger partial charge in [0.2, 0.25) is 10.0 Å². The highest BCUT2D eigenvalue weighted by atomic mass is 35.5. The Balaban J connectivity index is 0.00000192. The molecule has 7 heteroatoms. The Morgan fingerprint density at radius 3 is 2.74 bits per heavy atom. The Hall–Kier alpha value is -0.820. The standard InChI is InChI=1S/C16H24N2O3S.ClH/c1-12-9-13-10-14(3-4-15(13)21-12)22(19,20)18-11-16(2)5-7-17-8-6-16;/h3-4,10,12,17-18H,5-9,11H2,1-2H3;1H. The molecule has 23 heavy (non-hydrogen) atoms. The molecule has 130 valence electrons. The lowest BCUT2D eigenvalue weighted by Gasteiger charge is -2.34. The Labute approximate surface area is 144 Å². The molecule has 2 aliphatic heterocycles. The van der Waals surface area contributed by atoms with E-state index in [1.165, 1.54) is 0 Å². The van der Waals surface area contributed by atoms with E-state index in [1.807, 2.05) is 6.92 Å². The lowest BCUT2D eigenvalue weighted by Crippen LogP contribution is -2.42. The number of sulfonamides is 1. The van der Waals surface area contributed by atoms with Crippen molar-refractivity contribution in [2.75, 3.05) is 19.6 Å². The molecule has 1 fully saturated rings. The molecule has 0 spiro atoms. The molecular weight excluding hydrogens is 336 g/mol. The van der Waals surface area contributed by atoms with Gasteiger partial charge in [0.15, 0.2) is 0 Å². The summed E-state index contributed by atoms with van der Waals surface area (Å²) in [6.07, 6.45) is 2.87. The van der Waals surface area contributed by atoms with Crippen LogP contribution >= 0.6 is 12.4 Å². The van der Waals surface area contributed by atoms with Gasteiger partial charge in [-0.25, -0.2) is 13.1 Å². The predicted molar refractivity (Wildman–Crippen MR) is 92.9 cm³/mol. The first kappa shape index (κ1) is 18.5. The summed E-state index contributed by atoms with van der Waals surface area (Å²) in [6, 6.07) is 5.13. The number of hydrogen-bond donors (Lipinski definition) is 2. The largest absolute Gasteiger partial charge is 0.490 e. The molecule has 2 aliphatic rings. The van der Waals surface area contributed by atoms with Crippen molar-refractivity contribution in [2.45, 2.75) is 44.1 Å². The quantitative estimate of drug-likeness (QED) is 0.862. The molecule has 0 aromatic heterocycles. The fourth-order valence-corrected chi connectivity index (χ4v) is 4.38. The molecule has 1 unspecified atom stereocenters. The SMILES string of the molecule is CC1Cc2cc(S(=O)(=O)NCC3(C)CCNCC3)ccc2O1.Cl. The molecule has 1 atom stereocenters. The van der Waals surface area contributed by atoms with E-state index >= 15 is 0 Å². The molecular formula is C16H25ClN2O3S. The van der Waals surface area contributed by atoms with Gasteiger partial charge in [-0.15, -0.1) is 12.4 Å². The van der Waals surface area contributed by atoms with E-state index in [0.717, 1.165) is 43.7 Å². The van der Waals surface area contributed by atoms with Gasteiger partial charge in [0.05, 0.1) is 4.90 Å². The van der Waals surface area contributed by atoms with Crippen molar-refractivity contribution in [2.24, 2.45) is 5.41 Å². The molecule has 1 saturated heterocycles. The lowest BCUT2D eigenvalue weighted by molar-refractivity contribution is 0.232. The van der Waals surface area contributed by atoms with Crippen molar-refractivity contribution >= 4 is 22.4 Å². The fraction of sp³-hybridized carbons (Fsp3) is 0.625.